The van der Waals surface area contributed by atoms with Gasteiger partial charge in [-0.3, -0.25) is 0 Å². The summed E-state index contributed by atoms with van der Waals surface area (Å²) >= 11 is 0. The third kappa shape index (κ3) is 2.18. The molecule has 3 N–H and O–H groups in total. The van der Waals surface area contributed by atoms with E-state index in [4.69, 9.17) is 5.73 Å². The Morgan fingerprint density at radius 2 is 1.74 bits per heavy atom. The minimum absolute atomic E-state index is 0.126. The lowest BCUT2D eigenvalue weighted by Crippen LogP contribution is -2.02. The van der Waals surface area contributed by atoms with Gasteiger partial charge in [-0.25, -0.2) is 9.37 Å². The fraction of sp³-hybridized carbons (Fsp3) is 0. The van der Waals surface area contributed by atoms with Gasteiger partial charge in [0.15, 0.2) is 0 Å². The smallest absolute Gasteiger partial charge is 0.229 e. The number of nitrogens with two attached hydrogens (primary N) is 1. The van der Waals surface area contributed by atoms with Crippen molar-refractivity contribution >= 4 is 28.4 Å². The maximum atomic E-state index is 13.6. The van der Waals surface area contributed by atoms with Crippen LogP contribution in [0.3, 0.4) is 0 Å². The number of hydrogen-bond donors (Lipinski definition) is 2. The monoisotopic (exact) mass is 254 g/mol. The number of nitrogens with one attached hydrogen (secondary N) is 1. The molecule has 0 atom stereocenters. The van der Waals surface area contributed by atoms with Gasteiger partial charge in [0, 0.05) is 5.69 Å². The van der Waals surface area contributed by atoms with Gasteiger partial charge < -0.3 is 11.1 Å². The zero-order valence-electron chi connectivity index (χ0n) is 9.97. The number of anilines is 3. The zero-order chi connectivity index (χ0) is 13.2. The summed E-state index contributed by atoms with van der Waals surface area (Å²) < 4.78 is 13.6. The SMILES string of the molecule is Nc1nc(Nc2ccccc2)nc2cccc(F)c12. The number of rotatable bonds is 2. The molecule has 1 aromatic heterocycles. The summed E-state index contributed by atoms with van der Waals surface area (Å²) in [6.45, 7) is 0. The normalized spacial score (nSPS) is 10.6. The highest BCUT2D eigenvalue weighted by Crippen LogP contribution is 2.23. The minimum atomic E-state index is -0.415. The highest BCUT2D eigenvalue weighted by atomic mass is 19.1. The molecule has 0 aliphatic rings. The summed E-state index contributed by atoms with van der Waals surface area (Å²) in [5.74, 6) is 0.0598. The van der Waals surface area contributed by atoms with Crippen molar-refractivity contribution in [3.05, 3.63) is 54.3 Å². The first-order valence-electron chi connectivity index (χ1n) is 5.78. The van der Waals surface area contributed by atoms with Crippen LogP contribution in [-0.4, -0.2) is 9.97 Å². The van der Waals surface area contributed by atoms with Crippen molar-refractivity contribution in [3.8, 4) is 0 Å². The number of aromatic nitrogens is 2. The van der Waals surface area contributed by atoms with Gasteiger partial charge in [0.05, 0.1) is 10.9 Å². The summed E-state index contributed by atoms with van der Waals surface area (Å²) in [4.78, 5) is 8.32. The van der Waals surface area contributed by atoms with Gasteiger partial charge >= 0.3 is 0 Å². The third-order valence-electron chi connectivity index (χ3n) is 2.73. The number of halogens is 1. The Hall–Kier alpha value is -2.69. The summed E-state index contributed by atoms with van der Waals surface area (Å²) in [5.41, 5.74) is 7.10. The molecule has 0 amide bonds. The summed E-state index contributed by atoms with van der Waals surface area (Å²) in [7, 11) is 0. The number of para-hydroxylation sites is 1. The molecule has 0 spiro atoms. The first kappa shape index (κ1) is 11.4. The number of benzene rings is 2. The highest BCUT2D eigenvalue weighted by molar-refractivity contribution is 5.89. The van der Waals surface area contributed by atoms with Crippen LogP contribution in [0.15, 0.2) is 48.5 Å². The molecule has 0 radical (unpaired) electrons. The van der Waals surface area contributed by atoms with E-state index in [1.807, 2.05) is 30.3 Å². The minimum Gasteiger partial charge on any atom is -0.383 e. The van der Waals surface area contributed by atoms with E-state index in [2.05, 4.69) is 15.3 Å². The Labute approximate surface area is 109 Å². The summed E-state index contributed by atoms with van der Waals surface area (Å²) in [6, 6.07) is 14.1. The quantitative estimate of drug-likeness (QED) is 0.737. The van der Waals surface area contributed by atoms with Crippen molar-refractivity contribution in [3.63, 3.8) is 0 Å². The molecule has 3 rings (SSSR count). The van der Waals surface area contributed by atoms with Crippen molar-refractivity contribution in [2.24, 2.45) is 0 Å². The lowest BCUT2D eigenvalue weighted by atomic mass is 10.2. The van der Waals surface area contributed by atoms with E-state index < -0.39 is 5.82 Å². The van der Waals surface area contributed by atoms with Gasteiger partial charge in [-0.2, -0.15) is 4.98 Å². The van der Waals surface area contributed by atoms with Gasteiger partial charge in [-0.15, -0.1) is 0 Å². The van der Waals surface area contributed by atoms with Gasteiger partial charge in [-0.05, 0) is 24.3 Å². The second-order valence-corrected chi connectivity index (χ2v) is 4.06. The molecule has 94 valence electrons. The molecule has 0 bridgehead atoms. The van der Waals surface area contributed by atoms with Gasteiger partial charge in [-0.1, -0.05) is 24.3 Å². The molecule has 0 saturated carbocycles. The van der Waals surface area contributed by atoms with Crippen molar-refractivity contribution in [1.82, 2.24) is 9.97 Å². The molecule has 0 aliphatic heterocycles. The van der Waals surface area contributed by atoms with Crippen LogP contribution in [0.4, 0.5) is 21.8 Å². The maximum absolute atomic E-state index is 13.6. The third-order valence-corrected chi connectivity index (χ3v) is 2.73. The van der Waals surface area contributed by atoms with Crippen molar-refractivity contribution in [2.75, 3.05) is 11.1 Å². The van der Waals surface area contributed by atoms with Crippen molar-refractivity contribution < 1.29 is 4.39 Å². The van der Waals surface area contributed by atoms with E-state index in [1.165, 1.54) is 6.07 Å². The molecule has 5 heteroatoms. The molecule has 19 heavy (non-hydrogen) atoms. The van der Waals surface area contributed by atoms with Crippen LogP contribution in [0.25, 0.3) is 10.9 Å². The second-order valence-electron chi connectivity index (χ2n) is 4.06. The Morgan fingerprint density at radius 1 is 0.947 bits per heavy atom. The molecule has 0 aliphatic carbocycles. The molecule has 0 unspecified atom stereocenters. The number of hydrogen-bond acceptors (Lipinski definition) is 4. The number of nitrogens with zero attached hydrogens (tertiary/aromatic N) is 2. The predicted molar refractivity (Wildman–Crippen MR) is 73.6 cm³/mol. The molecule has 3 aromatic rings. The largest absolute Gasteiger partial charge is 0.383 e. The van der Waals surface area contributed by atoms with Gasteiger partial charge in [0.25, 0.3) is 0 Å². The van der Waals surface area contributed by atoms with E-state index in [0.717, 1.165) is 5.69 Å². The number of nitrogen functional groups attached to an aromatic ring is 1. The van der Waals surface area contributed by atoms with Crippen LogP contribution in [0, 0.1) is 5.82 Å². The van der Waals surface area contributed by atoms with Crippen LogP contribution in [0.5, 0.6) is 0 Å². The average Bonchev–Trinajstić information content (AvgIpc) is 2.39. The first-order valence-corrected chi connectivity index (χ1v) is 5.78. The lowest BCUT2D eigenvalue weighted by Gasteiger charge is -2.08. The van der Waals surface area contributed by atoms with E-state index >= 15 is 0 Å². The van der Waals surface area contributed by atoms with Gasteiger partial charge in [0.1, 0.15) is 11.6 Å². The lowest BCUT2D eigenvalue weighted by molar-refractivity contribution is 0.639. The van der Waals surface area contributed by atoms with Crippen LogP contribution in [0.2, 0.25) is 0 Å². The van der Waals surface area contributed by atoms with Crippen LogP contribution < -0.4 is 11.1 Å². The summed E-state index contributed by atoms with van der Waals surface area (Å²) in [6.07, 6.45) is 0. The van der Waals surface area contributed by atoms with E-state index in [0.29, 0.717) is 11.5 Å². The average molecular weight is 254 g/mol. The highest BCUT2D eigenvalue weighted by Gasteiger charge is 2.09. The van der Waals surface area contributed by atoms with E-state index in [9.17, 15) is 4.39 Å². The molecule has 2 aromatic carbocycles. The molecule has 0 fully saturated rings. The zero-order valence-corrected chi connectivity index (χ0v) is 9.97. The molecule has 1 heterocycles. The van der Waals surface area contributed by atoms with Crippen molar-refractivity contribution in [1.29, 1.82) is 0 Å². The molecule has 0 saturated heterocycles. The van der Waals surface area contributed by atoms with Crippen LogP contribution in [0.1, 0.15) is 0 Å². The van der Waals surface area contributed by atoms with Crippen molar-refractivity contribution in [2.45, 2.75) is 0 Å². The second kappa shape index (κ2) is 4.53. The fourth-order valence-corrected chi connectivity index (χ4v) is 1.88. The maximum Gasteiger partial charge on any atom is 0.229 e. The Kier molecular flexibility index (Phi) is 2.72. The number of fused-ring (bicyclic) bond motifs is 1. The fourth-order valence-electron chi connectivity index (χ4n) is 1.88. The Morgan fingerprint density at radius 3 is 2.53 bits per heavy atom. The predicted octanol–water partition coefficient (Wildman–Crippen LogP) is 3.09. The molecule has 4 nitrogen and oxygen atoms in total. The Balaban J connectivity index is 2.07. The topological polar surface area (TPSA) is 63.8 Å². The van der Waals surface area contributed by atoms with E-state index in [-0.39, 0.29) is 11.2 Å². The molecular weight excluding hydrogens is 243 g/mol. The van der Waals surface area contributed by atoms with Crippen LogP contribution in [-0.2, 0) is 0 Å². The Bertz CT molecular complexity index is 728. The first-order chi connectivity index (χ1) is 9.24. The molecular formula is C14H11FN4. The van der Waals surface area contributed by atoms with Crippen LogP contribution >= 0.6 is 0 Å². The van der Waals surface area contributed by atoms with E-state index in [1.54, 1.807) is 12.1 Å². The summed E-state index contributed by atoms with van der Waals surface area (Å²) in [5, 5.41) is 3.28. The standard InChI is InChI=1S/C14H11FN4/c15-10-7-4-8-11-12(10)13(16)19-14(18-11)17-9-5-2-1-3-6-9/h1-8H,(H3,16,17,18,19). The van der Waals surface area contributed by atoms with Gasteiger partial charge in [0.2, 0.25) is 5.95 Å².